The second-order valence-electron chi connectivity index (χ2n) is 7.24. The van der Waals surface area contributed by atoms with E-state index < -0.39 is 23.4 Å². The Balaban J connectivity index is 1.50. The third kappa shape index (κ3) is 5.75. The molecule has 1 fully saturated rings. The zero-order valence-corrected chi connectivity index (χ0v) is 16.5. The van der Waals surface area contributed by atoms with Gasteiger partial charge in [0.2, 0.25) is 5.91 Å². The van der Waals surface area contributed by atoms with Crippen molar-refractivity contribution in [2.45, 2.75) is 32.1 Å². The quantitative estimate of drug-likeness (QED) is 0.660. The lowest BCUT2D eigenvalue weighted by atomic mass is 10.1. The molecule has 0 radical (unpaired) electrons. The minimum absolute atomic E-state index is 0.0993. The lowest BCUT2D eigenvalue weighted by Gasteiger charge is -2.30. The molecule has 1 aliphatic heterocycles. The van der Waals surface area contributed by atoms with Crippen LogP contribution >= 0.6 is 0 Å². The molecule has 5 nitrogen and oxygen atoms in total. The Morgan fingerprint density at radius 3 is 2.37 bits per heavy atom. The maximum atomic E-state index is 13.7. The Hall–Kier alpha value is -3.03. The minimum Gasteiger partial charge on any atom is -0.370 e. The number of benzene rings is 2. The number of carbonyl (C=O) groups excluding carboxylic acids is 2. The average molecular weight is 419 g/mol. The molecule has 0 aromatic heterocycles. The van der Waals surface area contributed by atoms with Crippen molar-refractivity contribution in [2.75, 3.05) is 29.9 Å². The van der Waals surface area contributed by atoms with Crippen molar-refractivity contribution in [2.24, 2.45) is 0 Å². The van der Waals surface area contributed by atoms with Crippen LogP contribution < -0.4 is 15.5 Å². The van der Waals surface area contributed by atoms with Gasteiger partial charge in [-0.1, -0.05) is 0 Å². The number of rotatable bonds is 7. The highest BCUT2D eigenvalue weighted by Gasteiger charge is 2.17. The van der Waals surface area contributed by atoms with Crippen molar-refractivity contribution in [3.05, 3.63) is 59.4 Å². The summed E-state index contributed by atoms with van der Waals surface area (Å²) in [6.45, 7) is 1.87. The second kappa shape index (κ2) is 10.1. The van der Waals surface area contributed by atoms with Gasteiger partial charge < -0.3 is 15.5 Å². The van der Waals surface area contributed by atoms with Crippen molar-refractivity contribution >= 4 is 23.2 Å². The Morgan fingerprint density at radius 2 is 1.63 bits per heavy atom. The molecule has 1 aliphatic rings. The van der Waals surface area contributed by atoms with Gasteiger partial charge in [0.05, 0.1) is 16.9 Å². The van der Waals surface area contributed by atoms with Gasteiger partial charge in [-0.25, -0.2) is 13.2 Å². The van der Waals surface area contributed by atoms with Gasteiger partial charge in [-0.05, 0) is 56.0 Å². The number of nitrogens with one attached hydrogen (secondary N) is 2. The summed E-state index contributed by atoms with van der Waals surface area (Å²) in [5, 5.41) is 5.25. The van der Waals surface area contributed by atoms with Gasteiger partial charge in [-0.3, -0.25) is 9.59 Å². The molecule has 1 saturated heterocycles. The summed E-state index contributed by atoms with van der Waals surface area (Å²) in [6, 6.07) is 7.07. The summed E-state index contributed by atoms with van der Waals surface area (Å²) in [4.78, 5) is 26.4. The molecule has 2 aromatic carbocycles. The fourth-order valence-electron chi connectivity index (χ4n) is 3.45. The molecule has 160 valence electrons. The third-order valence-electron chi connectivity index (χ3n) is 4.97. The highest BCUT2D eigenvalue weighted by molar-refractivity contribution is 5.95. The highest BCUT2D eigenvalue weighted by Crippen LogP contribution is 2.29. The van der Waals surface area contributed by atoms with Gasteiger partial charge >= 0.3 is 0 Å². The molecule has 0 spiro atoms. The van der Waals surface area contributed by atoms with E-state index >= 15 is 0 Å². The lowest BCUT2D eigenvalue weighted by molar-refractivity contribution is -0.116. The van der Waals surface area contributed by atoms with Crippen LogP contribution in [0.3, 0.4) is 0 Å². The molecule has 30 heavy (non-hydrogen) atoms. The zero-order valence-electron chi connectivity index (χ0n) is 16.5. The maximum Gasteiger partial charge on any atom is 0.254 e. The van der Waals surface area contributed by atoms with Crippen LogP contribution in [0.15, 0.2) is 36.4 Å². The molecule has 0 atom stereocenters. The van der Waals surface area contributed by atoms with Crippen LogP contribution in [0.1, 0.15) is 42.5 Å². The summed E-state index contributed by atoms with van der Waals surface area (Å²) in [5.74, 6) is -3.12. The van der Waals surface area contributed by atoms with Crippen molar-refractivity contribution in [1.82, 2.24) is 5.32 Å². The number of hydrogen-bond acceptors (Lipinski definition) is 3. The zero-order chi connectivity index (χ0) is 21.5. The van der Waals surface area contributed by atoms with E-state index in [0.717, 1.165) is 50.2 Å². The van der Waals surface area contributed by atoms with E-state index in [9.17, 15) is 22.8 Å². The summed E-state index contributed by atoms with van der Waals surface area (Å²) in [5.41, 5.74) is 0.968. The van der Waals surface area contributed by atoms with Crippen LogP contribution in [0.5, 0.6) is 0 Å². The summed E-state index contributed by atoms with van der Waals surface area (Å²) < 4.78 is 40.2. The van der Waals surface area contributed by atoms with Crippen LogP contribution in [0.4, 0.5) is 24.5 Å². The van der Waals surface area contributed by atoms with Gasteiger partial charge in [0.15, 0.2) is 0 Å². The largest absolute Gasteiger partial charge is 0.370 e. The fourth-order valence-corrected chi connectivity index (χ4v) is 3.45. The van der Waals surface area contributed by atoms with Gasteiger partial charge in [0, 0.05) is 32.1 Å². The van der Waals surface area contributed by atoms with Crippen LogP contribution in [0.2, 0.25) is 0 Å². The Labute approximate surface area is 173 Å². The smallest absolute Gasteiger partial charge is 0.254 e. The first kappa shape index (κ1) is 21.7. The summed E-state index contributed by atoms with van der Waals surface area (Å²) in [6.07, 6.45) is 3.68. The van der Waals surface area contributed by atoms with E-state index in [-0.39, 0.29) is 24.4 Å². The van der Waals surface area contributed by atoms with Gasteiger partial charge in [-0.2, -0.15) is 0 Å². The molecule has 3 rings (SSSR count). The number of carbonyl (C=O) groups is 2. The van der Waals surface area contributed by atoms with E-state index in [2.05, 4.69) is 15.5 Å². The monoisotopic (exact) mass is 419 g/mol. The molecular weight excluding hydrogens is 395 g/mol. The highest BCUT2D eigenvalue weighted by atomic mass is 19.1. The van der Waals surface area contributed by atoms with Crippen LogP contribution in [0.25, 0.3) is 0 Å². The number of hydrogen-bond donors (Lipinski definition) is 2. The lowest BCUT2D eigenvalue weighted by Crippen LogP contribution is -2.30. The first-order chi connectivity index (χ1) is 14.4. The van der Waals surface area contributed by atoms with E-state index in [1.807, 2.05) is 0 Å². The Morgan fingerprint density at radius 1 is 0.933 bits per heavy atom. The molecule has 0 saturated carbocycles. The van der Waals surface area contributed by atoms with Crippen molar-refractivity contribution < 1.29 is 22.8 Å². The van der Waals surface area contributed by atoms with E-state index in [0.29, 0.717) is 18.2 Å². The van der Waals surface area contributed by atoms with E-state index in [4.69, 9.17) is 0 Å². The fraction of sp³-hybridized carbons (Fsp3) is 0.364. The number of halogens is 3. The molecule has 8 heteroatoms. The van der Waals surface area contributed by atoms with Crippen LogP contribution in [-0.4, -0.2) is 31.4 Å². The van der Waals surface area contributed by atoms with Crippen LogP contribution in [0, 0.1) is 17.5 Å². The second-order valence-corrected chi connectivity index (χ2v) is 7.24. The molecule has 2 aromatic rings. The SMILES string of the molecule is O=C(CCCNC(=O)c1ccc(F)cc1F)Nc1cc(F)ccc1N1CCCCC1. The van der Waals surface area contributed by atoms with Crippen molar-refractivity contribution in [3.8, 4) is 0 Å². The molecule has 2 amide bonds. The van der Waals surface area contributed by atoms with Gasteiger partial charge in [0.1, 0.15) is 17.5 Å². The number of amides is 2. The number of anilines is 2. The minimum atomic E-state index is -0.943. The van der Waals surface area contributed by atoms with E-state index in [1.165, 1.54) is 12.1 Å². The number of piperidine rings is 1. The predicted molar refractivity (Wildman–Crippen MR) is 109 cm³/mol. The van der Waals surface area contributed by atoms with E-state index in [1.54, 1.807) is 6.07 Å². The molecule has 0 unspecified atom stereocenters. The van der Waals surface area contributed by atoms with Crippen molar-refractivity contribution in [3.63, 3.8) is 0 Å². The third-order valence-corrected chi connectivity index (χ3v) is 4.97. The van der Waals surface area contributed by atoms with Gasteiger partial charge in [0.25, 0.3) is 5.91 Å². The summed E-state index contributed by atoms with van der Waals surface area (Å²) >= 11 is 0. The summed E-state index contributed by atoms with van der Waals surface area (Å²) in [7, 11) is 0. The van der Waals surface area contributed by atoms with Crippen molar-refractivity contribution in [1.29, 1.82) is 0 Å². The molecular formula is C22H24F3N3O2. The van der Waals surface area contributed by atoms with Crippen LogP contribution in [-0.2, 0) is 4.79 Å². The van der Waals surface area contributed by atoms with Gasteiger partial charge in [-0.15, -0.1) is 0 Å². The molecule has 1 heterocycles. The normalized spacial score (nSPS) is 13.8. The average Bonchev–Trinajstić information content (AvgIpc) is 2.72. The molecule has 0 bridgehead atoms. The first-order valence-electron chi connectivity index (χ1n) is 10.0. The maximum absolute atomic E-state index is 13.7. The topological polar surface area (TPSA) is 61.4 Å². The Bertz CT molecular complexity index is 914. The molecule has 0 aliphatic carbocycles. The number of nitrogens with zero attached hydrogens (tertiary/aromatic N) is 1. The molecule has 2 N–H and O–H groups in total. The standard InChI is InChI=1S/C22H24F3N3O2/c23-15-6-8-17(18(25)13-15)22(30)26-10-4-5-21(29)27-19-14-16(24)7-9-20(19)28-11-2-1-3-12-28/h6-9,13-14H,1-5,10-12H2,(H,26,30)(H,27,29). The predicted octanol–water partition coefficient (Wildman–Crippen LogP) is 4.24. The Kier molecular flexibility index (Phi) is 7.32. The first-order valence-corrected chi connectivity index (χ1v) is 10.0.